The maximum Gasteiger partial charge on any atom is 0.222 e. The van der Waals surface area contributed by atoms with E-state index in [4.69, 9.17) is 0 Å². The molecule has 1 amide bonds. The number of amides is 1. The summed E-state index contributed by atoms with van der Waals surface area (Å²) in [6.45, 7) is 4.09. The second kappa shape index (κ2) is 5.22. The van der Waals surface area contributed by atoms with Gasteiger partial charge < -0.3 is 10.2 Å². The molecule has 0 saturated carbocycles. The summed E-state index contributed by atoms with van der Waals surface area (Å²) in [6, 6.07) is 0.453. The van der Waals surface area contributed by atoms with E-state index in [9.17, 15) is 4.79 Å². The number of hydrogen-bond donors (Lipinski definition) is 1. The van der Waals surface area contributed by atoms with Crippen LogP contribution in [0.2, 0.25) is 0 Å². The number of hydrogen-bond acceptors (Lipinski definition) is 2. The maximum atomic E-state index is 11.6. The minimum absolute atomic E-state index is 0.306. The van der Waals surface area contributed by atoms with Crippen LogP contribution >= 0.6 is 0 Å². The summed E-state index contributed by atoms with van der Waals surface area (Å²) >= 11 is 0. The first kappa shape index (κ1) is 10.5. The predicted octanol–water partition coefficient (Wildman–Crippen LogP) is 0.997. The average Bonchev–Trinajstić information content (AvgIpc) is 2.01. The van der Waals surface area contributed by atoms with Crippen molar-refractivity contribution in [3.05, 3.63) is 0 Å². The minimum atomic E-state index is 0.306. The van der Waals surface area contributed by atoms with Crippen molar-refractivity contribution in [3.8, 4) is 0 Å². The van der Waals surface area contributed by atoms with Gasteiger partial charge in [-0.1, -0.05) is 19.8 Å². The van der Waals surface area contributed by atoms with Crippen molar-refractivity contribution in [3.63, 3.8) is 0 Å². The van der Waals surface area contributed by atoms with Gasteiger partial charge in [0.2, 0.25) is 5.91 Å². The molecule has 3 nitrogen and oxygen atoms in total. The van der Waals surface area contributed by atoms with E-state index in [1.165, 1.54) is 12.8 Å². The average molecular weight is 184 g/mol. The fraction of sp³-hybridized carbons (Fsp3) is 0.900. The Morgan fingerprint density at radius 1 is 1.46 bits per heavy atom. The molecule has 0 atom stereocenters. The fourth-order valence-electron chi connectivity index (χ4n) is 1.45. The highest BCUT2D eigenvalue weighted by atomic mass is 16.2. The van der Waals surface area contributed by atoms with Crippen LogP contribution in [0.3, 0.4) is 0 Å². The Labute approximate surface area is 80.5 Å². The second-order valence-electron chi connectivity index (χ2n) is 3.77. The number of carbonyl (C=O) groups is 1. The van der Waals surface area contributed by atoms with Crippen LogP contribution in [0.1, 0.15) is 32.6 Å². The van der Waals surface area contributed by atoms with E-state index in [0.717, 1.165) is 25.9 Å². The first-order chi connectivity index (χ1) is 6.25. The molecule has 76 valence electrons. The number of likely N-dealkylation sites (N-methyl/N-ethyl adjacent to an activating group) is 1. The summed E-state index contributed by atoms with van der Waals surface area (Å²) in [4.78, 5) is 13.4. The molecule has 1 heterocycles. The van der Waals surface area contributed by atoms with Crippen LogP contribution in [-0.2, 0) is 4.79 Å². The summed E-state index contributed by atoms with van der Waals surface area (Å²) in [6.07, 6.45) is 4.12. The van der Waals surface area contributed by atoms with Crippen LogP contribution in [0.15, 0.2) is 0 Å². The number of rotatable bonds is 5. The van der Waals surface area contributed by atoms with Crippen molar-refractivity contribution in [2.24, 2.45) is 0 Å². The molecular formula is C10H20N2O. The number of nitrogens with one attached hydrogen (secondary N) is 1. The lowest BCUT2D eigenvalue weighted by atomic mass is 10.1. The van der Waals surface area contributed by atoms with Gasteiger partial charge >= 0.3 is 0 Å². The summed E-state index contributed by atoms with van der Waals surface area (Å²) < 4.78 is 0. The van der Waals surface area contributed by atoms with E-state index >= 15 is 0 Å². The fourth-order valence-corrected chi connectivity index (χ4v) is 1.45. The largest absolute Gasteiger partial charge is 0.340 e. The van der Waals surface area contributed by atoms with Gasteiger partial charge in [-0.25, -0.2) is 0 Å². The van der Waals surface area contributed by atoms with Gasteiger partial charge in [0.1, 0.15) is 0 Å². The molecule has 0 unspecified atom stereocenters. The van der Waals surface area contributed by atoms with Crippen LogP contribution in [0, 0.1) is 0 Å². The van der Waals surface area contributed by atoms with Crippen LogP contribution < -0.4 is 5.32 Å². The first-order valence-electron chi connectivity index (χ1n) is 5.22. The maximum absolute atomic E-state index is 11.6. The molecule has 1 saturated heterocycles. The molecule has 1 aliphatic rings. The molecule has 13 heavy (non-hydrogen) atoms. The van der Waals surface area contributed by atoms with Crippen molar-refractivity contribution >= 4 is 5.91 Å². The number of unbranched alkanes of at least 4 members (excludes halogenated alkanes) is 2. The zero-order valence-electron chi connectivity index (χ0n) is 8.68. The van der Waals surface area contributed by atoms with E-state index in [2.05, 4.69) is 12.2 Å². The SMILES string of the molecule is CCCCCC(=O)N(C)C1CNC1. The zero-order chi connectivity index (χ0) is 9.68. The minimum Gasteiger partial charge on any atom is -0.340 e. The lowest BCUT2D eigenvalue weighted by molar-refractivity contribution is -0.133. The Morgan fingerprint density at radius 3 is 2.62 bits per heavy atom. The molecule has 1 rings (SSSR count). The Morgan fingerprint density at radius 2 is 2.15 bits per heavy atom. The van der Waals surface area contributed by atoms with Gasteiger partial charge in [-0.3, -0.25) is 4.79 Å². The van der Waals surface area contributed by atoms with Crippen LogP contribution in [0.5, 0.6) is 0 Å². The molecule has 1 aliphatic heterocycles. The van der Waals surface area contributed by atoms with E-state index in [1.54, 1.807) is 0 Å². The van der Waals surface area contributed by atoms with E-state index in [1.807, 2.05) is 11.9 Å². The van der Waals surface area contributed by atoms with Crippen LogP contribution in [-0.4, -0.2) is 37.0 Å². The van der Waals surface area contributed by atoms with Crippen LogP contribution in [0.25, 0.3) is 0 Å². The highest BCUT2D eigenvalue weighted by molar-refractivity contribution is 5.76. The number of carbonyl (C=O) groups excluding carboxylic acids is 1. The molecule has 1 N–H and O–H groups in total. The lowest BCUT2D eigenvalue weighted by Crippen LogP contribution is -2.57. The summed E-state index contributed by atoms with van der Waals surface area (Å²) in [5.74, 6) is 0.306. The predicted molar refractivity (Wildman–Crippen MR) is 53.6 cm³/mol. The highest BCUT2D eigenvalue weighted by Gasteiger charge is 2.24. The Bertz CT molecular complexity index is 166. The van der Waals surface area contributed by atoms with Crippen molar-refractivity contribution in [2.45, 2.75) is 38.6 Å². The molecule has 0 aromatic carbocycles. The van der Waals surface area contributed by atoms with Crippen molar-refractivity contribution in [2.75, 3.05) is 20.1 Å². The molecule has 0 radical (unpaired) electrons. The quantitative estimate of drug-likeness (QED) is 0.646. The third-order valence-electron chi connectivity index (χ3n) is 2.70. The topological polar surface area (TPSA) is 32.3 Å². The van der Waals surface area contributed by atoms with E-state index in [0.29, 0.717) is 11.9 Å². The Hall–Kier alpha value is -0.570. The van der Waals surface area contributed by atoms with E-state index < -0.39 is 0 Å². The second-order valence-corrected chi connectivity index (χ2v) is 3.77. The normalized spacial score (nSPS) is 16.8. The Kier molecular flexibility index (Phi) is 4.22. The molecule has 1 fully saturated rings. The summed E-state index contributed by atoms with van der Waals surface area (Å²) in [5, 5.41) is 3.17. The summed E-state index contributed by atoms with van der Waals surface area (Å²) in [7, 11) is 1.92. The molecule has 0 spiro atoms. The van der Waals surface area contributed by atoms with Gasteiger partial charge in [-0.2, -0.15) is 0 Å². The molecular weight excluding hydrogens is 164 g/mol. The highest BCUT2D eigenvalue weighted by Crippen LogP contribution is 2.07. The monoisotopic (exact) mass is 184 g/mol. The van der Waals surface area contributed by atoms with Gasteiger partial charge in [0.15, 0.2) is 0 Å². The van der Waals surface area contributed by atoms with Gasteiger partial charge in [-0.05, 0) is 6.42 Å². The molecule has 0 aliphatic carbocycles. The molecule has 0 aromatic rings. The van der Waals surface area contributed by atoms with Gasteiger partial charge in [-0.15, -0.1) is 0 Å². The summed E-state index contributed by atoms with van der Waals surface area (Å²) in [5.41, 5.74) is 0. The molecule has 3 heteroatoms. The Balaban J connectivity index is 2.13. The van der Waals surface area contributed by atoms with Crippen LogP contribution in [0.4, 0.5) is 0 Å². The van der Waals surface area contributed by atoms with Gasteiger partial charge in [0.05, 0.1) is 6.04 Å². The van der Waals surface area contributed by atoms with Gasteiger partial charge in [0, 0.05) is 26.6 Å². The molecule has 0 bridgehead atoms. The smallest absolute Gasteiger partial charge is 0.222 e. The standard InChI is InChI=1S/C10H20N2O/c1-3-4-5-6-10(13)12(2)9-7-11-8-9/h9,11H,3-8H2,1-2H3. The third kappa shape index (κ3) is 2.99. The van der Waals surface area contributed by atoms with Crippen molar-refractivity contribution < 1.29 is 4.79 Å². The van der Waals surface area contributed by atoms with E-state index in [-0.39, 0.29) is 0 Å². The first-order valence-corrected chi connectivity index (χ1v) is 5.22. The van der Waals surface area contributed by atoms with Crippen molar-refractivity contribution in [1.29, 1.82) is 0 Å². The lowest BCUT2D eigenvalue weighted by Gasteiger charge is -2.35. The van der Waals surface area contributed by atoms with Gasteiger partial charge in [0.25, 0.3) is 0 Å². The van der Waals surface area contributed by atoms with Crippen molar-refractivity contribution in [1.82, 2.24) is 10.2 Å². The number of nitrogens with zero attached hydrogens (tertiary/aromatic N) is 1. The molecule has 0 aromatic heterocycles. The third-order valence-corrected chi connectivity index (χ3v) is 2.70. The zero-order valence-corrected chi connectivity index (χ0v) is 8.68.